The van der Waals surface area contributed by atoms with Gasteiger partial charge in [0.05, 0.1) is 11.1 Å². The van der Waals surface area contributed by atoms with Crippen LogP contribution in [-0.2, 0) is 0 Å². The van der Waals surface area contributed by atoms with E-state index in [-0.39, 0.29) is 5.56 Å². The number of halogens is 2. The third-order valence-electron chi connectivity index (χ3n) is 3.50. The number of carboxylic acid groups (broad SMARTS) is 1. The van der Waals surface area contributed by atoms with Crippen LogP contribution in [0.5, 0.6) is 0 Å². The maximum absolute atomic E-state index is 11.2. The molecule has 3 nitrogen and oxygen atoms in total. The van der Waals surface area contributed by atoms with Crippen LogP contribution in [0.25, 0.3) is 22.0 Å². The molecule has 3 rings (SSSR count). The molecule has 2 aromatic carbocycles. The van der Waals surface area contributed by atoms with E-state index in [0.717, 1.165) is 27.6 Å². The van der Waals surface area contributed by atoms with E-state index >= 15 is 0 Å². The summed E-state index contributed by atoms with van der Waals surface area (Å²) in [6, 6.07) is 10.1. The molecule has 0 aliphatic rings. The van der Waals surface area contributed by atoms with Crippen molar-refractivity contribution < 1.29 is 9.90 Å². The molecule has 0 bridgehead atoms. The molecular formula is C17H11Cl2NO2. The molecule has 0 aliphatic heterocycles. The monoisotopic (exact) mass is 331 g/mol. The number of benzene rings is 2. The maximum Gasteiger partial charge on any atom is 0.335 e. The van der Waals surface area contributed by atoms with Gasteiger partial charge in [-0.05, 0) is 48.4 Å². The Kier molecular flexibility index (Phi) is 3.77. The number of aryl methyl sites for hydroxylation is 1. The minimum absolute atomic E-state index is 0.214. The Morgan fingerprint density at radius 2 is 1.91 bits per heavy atom. The Morgan fingerprint density at radius 3 is 2.59 bits per heavy atom. The first kappa shape index (κ1) is 14.8. The van der Waals surface area contributed by atoms with Crippen molar-refractivity contribution >= 4 is 40.1 Å². The molecule has 0 fully saturated rings. The van der Waals surface area contributed by atoms with Crippen molar-refractivity contribution in [1.82, 2.24) is 4.98 Å². The molecule has 0 unspecified atom stereocenters. The summed E-state index contributed by atoms with van der Waals surface area (Å²) >= 11 is 12.3. The van der Waals surface area contributed by atoms with E-state index in [1.54, 1.807) is 36.5 Å². The highest BCUT2D eigenvalue weighted by Gasteiger charge is 2.14. The van der Waals surface area contributed by atoms with Crippen molar-refractivity contribution in [2.45, 2.75) is 6.92 Å². The van der Waals surface area contributed by atoms with E-state index in [1.165, 1.54) is 0 Å². The lowest BCUT2D eigenvalue weighted by atomic mass is 9.96. The molecule has 0 amide bonds. The maximum atomic E-state index is 11.2. The van der Waals surface area contributed by atoms with Crippen LogP contribution < -0.4 is 0 Å². The van der Waals surface area contributed by atoms with Gasteiger partial charge in [-0.3, -0.25) is 4.98 Å². The van der Waals surface area contributed by atoms with E-state index < -0.39 is 5.97 Å². The van der Waals surface area contributed by atoms with E-state index in [9.17, 15) is 9.90 Å². The van der Waals surface area contributed by atoms with E-state index in [2.05, 4.69) is 4.98 Å². The number of hydrogen-bond acceptors (Lipinski definition) is 2. The zero-order valence-electron chi connectivity index (χ0n) is 11.6. The summed E-state index contributed by atoms with van der Waals surface area (Å²) in [4.78, 5) is 15.6. The molecular weight excluding hydrogens is 321 g/mol. The van der Waals surface area contributed by atoms with Gasteiger partial charge in [-0.1, -0.05) is 29.3 Å². The number of nitrogens with zero attached hydrogens (tertiary/aromatic N) is 1. The first-order chi connectivity index (χ1) is 10.5. The predicted molar refractivity (Wildman–Crippen MR) is 88.9 cm³/mol. The lowest BCUT2D eigenvalue weighted by molar-refractivity contribution is 0.0697. The SMILES string of the molecule is Cc1cnc2ccc(C(=O)O)cc2c1-c1ccc(Cl)cc1Cl. The van der Waals surface area contributed by atoms with Gasteiger partial charge in [-0.2, -0.15) is 0 Å². The number of carbonyl (C=O) groups is 1. The van der Waals surface area contributed by atoms with Crippen molar-refractivity contribution in [2.24, 2.45) is 0 Å². The molecule has 0 atom stereocenters. The Morgan fingerprint density at radius 1 is 1.14 bits per heavy atom. The van der Waals surface area contributed by atoms with Crippen molar-refractivity contribution in [2.75, 3.05) is 0 Å². The molecule has 110 valence electrons. The summed E-state index contributed by atoms with van der Waals surface area (Å²) in [5.74, 6) is -0.975. The highest BCUT2D eigenvalue weighted by Crippen LogP contribution is 2.36. The molecule has 1 heterocycles. The molecule has 0 radical (unpaired) electrons. The summed E-state index contributed by atoms with van der Waals surface area (Å²) in [5.41, 5.74) is 3.52. The number of fused-ring (bicyclic) bond motifs is 1. The lowest BCUT2D eigenvalue weighted by Gasteiger charge is -2.12. The highest BCUT2D eigenvalue weighted by molar-refractivity contribution is 6.36. The van der Waals surface area contributed by atoms with E-state index in [1.807, 2.05) is 13.0 Å². The fourth-order valence-electron chi connectivity index (χ4n) is 2.47. The summed E-state index contributed by atoms with van der Waals surface area (Å²) in [5, 5.41) is 11.0. The molecule has 22 heavy (non-hydrogen) atoms. The van der Waals surface area contributed by atoms with Gasteiger partial charge in [0.2, 0.25) is 0 Å². The molecule has 1 aromatic heterocycles. The van der Waals surface area contributed by atoms with Crippen LogP contribution in [-0.4, -0.2) is 16.1 Å². The Balaban J connectivity index is 2.38. The highest BCUT2D eigenvalue weighted by atomic mass is 35.5. The summed E-state index contributed by atoms with van der Waals surface area (Å²) in [7, 11) is 0. The number of aromatic carboxylic acids is 1. The van der Waals surface area contributed by atoms with Gasteiger partial charge in [0.15, 0.2) is 0 Å². The average molecular weight is 332 g/mol. The zero-order valence-corrected chi connectivity index (χ0v) is 13.1. The molecule has 5 heteroatoms. The van der Waals surface area contributed by atoms with Gasteiger partial charge in [0, 0.05) is 27.2 Å². The minimum Gasteiger partial charge on any atom is -0.478 e. The number of pyridine rings is 1. The Hall–Kier alpha value is -2.10. The third-order valence-corrected chi connectivity index (χ3v) is 4.05. The lowest BCUT2D eigenvalue weighted by Crippen LogP contribution is -1.97. The Bertz CT molecular complexity index is 907. The largest absolute Gasteiger partial charge is 0.478 e. The molecule has 0 saturated carbocycles. The second-order valence-corrected chi connectivity index (χ2v) is 5.82. The number of carboxylic acids is 1. The second-order valence-electron chi connectivity index (χ2n) is 4.98. The molecule has 1 N–H and O–H groups in total. The number of aromatic nitrogens is 1. The van der Waals surface area contributed by atoms with Gasteiger partial charge in [-0.25, -0.2) is 4.79 Å². The van der Waals surface area contributed by atoms with Crippen LogP contribution in [0.4, 0.5) is 0 Å². The first-order valence-electron chi connectivity index (χ1n) is 6.55. The third kappa shape index (κ3) is 2.54. The smallest absolute Gasteiger partial charge is 0.335 e. The fourth-order valence-corrected chi connectivity index (χ4v) is 2.98. The summed E-state index contributed by atoms with van der Waals surface area (Å²) in [6.07, 6.45) is 1.75. The molecule has 3 aromatic rings. The van der Waals surface area contributed by atoms with Crippen LogP contribution in [0.3, 0.4) is 0 Å². The first-order valence-corrected chi connectivity index (χ1v) is 7.31. The molecule has 0 aliphatic carbocycles. The predicted octanol–water partition coefficient (Wildman–Crippen LogP) is 5.22. The minimum atomic E-state index is -0.975. The van der Waals surface area contributed by atoms with Crippen LogP contribution >= 0.6 is 23.2 Å². The van der Waals surface area contributed by atoms with Crippen LogP contribution in [0.15, 0.2) is 42.6 Å². The topological polar surface area (TPSA) is 50.2 Å². The normalized spacial score (nSPS) is 10.9. The van der Waals surface area contributed by atoms with Gasteiger partial charge in [-0.15, -0.1) is 0 Å². The van der Waals surface area contributed by atoms with Crippen molar-refractivity contribution in [3.8, 4) is 11.1 Å². The second kappa shape index (κ2) is 5.59. The van der Waals surface area contributed by atoms with Crippen molar-refractivity contribution in [3.05, 3.63) is 63.8 Å². The van der Waals surface area contributed by atoms with Crippen molar-refractivity contribution in [1.29, 1.82) is 0 Å². The molecule has 0 spiro atoms. The van der Waals surface area contributed by atoms with E-state index in [0.29, 0.717) is 10.0 Å². The quantitative estimate of drug-likeness (QED) is 0.700. The van der Waals surface area contributed by atoms with E-state index in [4.69, 9.17) is 23.2 Å². The van der Waals surface area contributed by atoms with Crippen LogP contribution in [0, 0.1) is 6.92 Å². The summed E-state index contributed by atoms with van der Waals surface area (Å²) in [6.45, 7) is 1.92. The fraction of sp³-hybridized carbons (Fsp3) is 0.0588. The van der Waals surface area contributed by atoms with Gasteiger partial charge in [0.1, 0.15) is 0 Å². The van der Waals surface area contributed by atoms with Crippen LogP contribution in [0.2, 0.25) is 10.0 Å². The number of rotatable bonds is 2. The summed E-state index contributed by atoms with van der Waals surface area (Å²) < 4.78 is 0. The van der Waals surface area contributed by atoms with Crippen molar-refractivity contribution in [3.63, 3.8) is 0 Å². The van der Waals surface area contributed by atoms with Crippen LogP contribution in [0.1, 0.15) is 15.9 Å². The molecule has 0 saturated heterocycles. The Labute approximate surface area is 137 Å². The van der Waals surface area contributed by atoms with Gasteiger partial charge < -0.3 is 5.11 Å². The van der Waals surface area contributed by atoms with Gasteiger partial charge >= 0.3 is 5.97 Å². The average Bonchev–Trinajstić information content (AvgIpc) is 2.47. The zero-order chi connectivity index (χ0) is 15.9. The number of hydrogen-bond donors (Lipinski definition) is 1. The van der Waals surface area contributed by atoms with Gasteiger partial charge in [0.25, 0.3) is 0 Å². The standard InChI is InChI=1S/C17H11Cl2NO2/c1-9-8-20-15-5-2-10(17(21)22)6-13(15)16(9)12-4-3-11(18)7-14(12)19/h2-8H,1H3,(H,21,22).